The molecule has 0 unspecified atom stereocenters. The summed E-state index contributed by atoms with van der Waals surface area (Å²) in [6.45, 7) is 0.355. The monoisotopic (exact) mass is 373 g/mol. The summed E-state index contributed by atoms with van der Waals surface area (Å²) in [5.74, 6) is 0.0520. The Morgan fingerprint density at radius 3 is 2.20 bits per heavy atom. The zero-order chi connectivity index (χ0) is 18.3. The van der Waals surface area contributed by atoms with E-state index in [1.54, 1.807) is 24.3 Å². The second-order valence-electron chi connectivity index (χ2n) is 5.03. The van der Waals surface area contributed by atoms with Gasteiger partial charge >= 0.3 is 6.36 Å². The molecular weight excluding hydrogens is 359 g/mol. The summed E-state index contributed by atoms with van der Waals surface area (Å²) in [5.41, 5.74) is 0.387. The van der Waals surface area contributed by atoms with Crippen molar-refractivity contribution in [3.8, 4) is 11.5 Å². The number of ether oxygens (including phenoxy) is 2. The average Bonchev–Trinajstić information content (AvgIpc) is 2.54. The summed E-state index contributed by atoms with van der Waals surface area (Å²) < 4.78 is 45.4. The molecule has 8 heteroatoms. The van der Waals surface area contributed by atoms with E-state index in [1.165, 1.54) is 12.1 Å². The van der Waals surface area contributed by atoms with Gasteiger partial charge in [0.2, 0.25) is 5.91 Å². The van der Waals surface area contributed by atoms with Crippen LogP contribution in [0.5, 0.6) is 11.5 Å². The maximum absolute atomic E-state index is 12.1. The molecule has 2 aromatic carbocycles. The van der Waals surface area contributed by atoms with E-state index >= 15 is 0 Å². The molecule has 0 fully saturated rings. The van der Waals surface area contributed by atoms with E-state index in [9.17, 15) is 18.0 Å². The zero-order valence-electron chi connectivity index (χ0n) is 13.0. The fraction of sp³-hybridized carbons (Fsp3) is 0.235. The van der Waals surface area contributed by atoms with Crippen LogP contribution < -0.4 is 14.8 Å². The first-order valence-corrected chi connectivity index (χ1v) is 7.74. The van der Waals surface area contributed by atoms with Gasteiger partial charge in [0.1, 0.15) is 11.5 Å². The van der Waals surface area contributed by atoms with Crippen molar-refractivity contribution >= 4 is 23.2 Å². The second-order valence-corrected chi connectivity index (χ2v) is 5.46. The van der Waals surface area contributed by atoms with Gasteiger partial charge < -0.3 is 14.8 Å². The van der Waals surface area contributed by atoms with E-state index in [0.29, 0.717) is 29.5 Å². The largest absolute Gasteiger partial charge is 0.573 e. The molecule has 0 aromatic heterocycles. The van der Waals surface area contributed by atoms with Crippen LogP contribution in [0.1, 0.15) is 12.8 Å². The maximum atomic E-state index is 12.1. The van der Waals surface area contributed by atoms with E-state index < -0.39 is 6.36 Å². The van der Waals surface area contributed by atoms with Crippen molar-refractivity contribution in [2.24, 2.45) is 0 Å². The number of rotatable bonds is 7. The lowest BCUT2D eigenvalue weighted by atomic mass is 10.2. The summed E-state index contributed by atoms with van der Waals surface area (Å²) in [6.07, 6.45) is -4.03. The molecule has 2 rings (SSSR count). The van der Waals surface area contributed by atoms with Crippen molar-refractivity contribution in [1.29, 1.82) is 0 Å². The Labute approximate surface area is 147 Å². The number of hydrogen-bond donors (Lipinski definition) is 1. The number of carbonyl (C=O) groups is 1. The highest BCUT2D eigenvalue weighted by Crippen LogP contribution is 2.24. The van der Waals surface area contributed by atoms with Crippen LogP contribution in [0.15, 0.2) is 48.5 Å². The van der Waals surface area contributed by atoms with Crippen LogP contribution in [0.25, 0.3) is 0 Å². The van der Waals surface area contributed by atoms with E-state index in [-0.39, 0.29) is 18.1 Å². The lowest BCUT2D eigenvalue weighted by Gasteiger charge is -2.10. The highest BCUT2D eigenvalue weighted by Gasteiger charge is 2.30. The van der Waals surface area contributed by atoms with Gasteiger partial charge in [-0.25, -0.2) is 0 Å². The lowest BCUT2D eigenvalue weighted by Crippen LogP contribution is -2.17. The summed E-state index contributed by atoms with van der Waals surface area (Å²) in [7, 11) is 0. The highest BCUT2D eigenvalue weighted by atomic mass is 35.5. The Bertz CT molecular complexity index is 688. The zero-order valence-corrected chi connectivity index (χ0v) is 13.7. The van der Waals surface area contributed by atoms with Crippen LogP contribution in [0.4, 0.5) is 18.9 Å². The van der Waals surface area contributed by atoms with Crippen LogP contribution in [0.3, 0.4) is 0 Å². The molecule has 25 heavy (non-hydrogen) atoms. The van der Waals surface area contributed by atoms with Gasteiger partial charge in [0.15, 0.2) is 0 Å². The Hall–Kier alpha value is -2.41. The summed E-state index contributed by atoms with van der Waals surface area (Å²) in [4.78, 5) is 11.8. The third-order valence-electron chi connectivity index (χ3n) is 3.00. The molecule has 134 valence electrons. The van der Waals surface area contributed by atoms with Crippen LogP contribution in [-0.4, -0.2) is 18.9 Å². The van der Waals surface area contributed by atoms with Crippen LogP contribution in [0, 0.1) is 0 Å². The van der Waals surface area contributed by atoms with Crippen molar-refractivity contribution in [2.45, 2.75) is 19.2 Å². The molecule has 0 bridgehead atoms. The molecule has 1 N–H and O–H groups in total. The molecule has 2 aromatic rings. The molecular formula is C17H15ClF3NO3. The molecule has 4 nitrogen and oxygen atoms in total. The van der Waals surface area contributed by atoms with E-state index in [4.69, 9.17) is 16.3 Å². The van der Waals surface area contributed by atoms with Gasteiger partial charge in [-0.15, -0.1) is 13.2 Å². The number of hydrogen-bond acceptors (Lipinski definition) is 3. The highest BCUT2D eigenvalue weighted by molar-refractivity contribution is 6.30. The molecule has 0 radical (unpaired) electrons. The third-order valence-corrected chi connectivity index (χ3v) is 3.25. The molecule has 0 saturated carbocycles. The molecule has 0 aliphatic rings. The average molecular weight is 374 g/mol. The van der Waals surface area contributed by atoms with Gasteiger partial charge in [-0.05, 0) is 55.0 Å². The van der Waals surface area contributed by atoms with Gasteiger partial charge in [-0.2, -0.15) is 0 Å². The number of benzene rings is 2. The number of anilines is 1. The summed E-state index contributed by atoms with van der Waals surface area (Å²) in [5, 5.41) is 3.20. The topological polar surface area (TPSA) is 47.6 Å². The Kier molecular flexibility index (Phi) is 6.52. The maximum Gasteiger partial charge on any atom is 0.573 e. The molecule has 0 heterocycles. The normalized spacial score (nSPS) is 11.0. The molecule has 0 atom stereocenters. The number of amides is 1. The second kappa shape index (κ2) is 8.62. The molecule has 0 spiro atoms. The first-order chi connectivity index (χ1) is 11.8. The first-order valence-electron chi connectivity index (χ1n) is 7.36. The standard InChI is InChI=1S/C17H15ClF3NO3/c18-12-3-7-14(8-4-12)24-11-1-2-16(23)22-13-5-9-15(10-6-13)25-17(19,20)21/h3-10H,1-2,11H2,(H,22,23). The molecule has 0 saturated heterocycles. The minimum absolute atomic E-state index is 0.217. The third kappa shape index (κ3) is 7.34. The number of halogens is 4. The summed E-state index contributed by atoms with van der Waals surface area (Å²) in [6, 6.07) is 11.8. The summed E-state index contributed by atoms with van der Waals surface area (Å²) >= 11 is 5.76. The quantitative estimate of drug-likeness (QED) is 0.692. The minimum Gasteiger partial charge on any atom is -0.494 e. The van der Waals surface area contributed by atoms with Gasteiger partial charge in [-0.3, -0.25) is 4.79 Å². The number of alkyl halides is 3. The van der Waals surface area contributed by atoms with E-state index in [1.807, 2.05) is 0 Å². The van der Waals surface area contributed by atoms with Gasteiger partial charge in [-0.1, -0.05) is 11.6 Å². The predicted molar refractivity (Wildman–Crippen MR) is 87.9 cm³/mol. The smallest absolute Gasteiger partial charge is 0.494 e. The Morgan fingerprint density at radius 2 is 1.60 bits per heavy atom. The SMILES string of the molecule is O=C(CCCOc1ccc(Cl)cc1)Nc1ccc(OC(F)(F)F)cc1. The Balaban J connectivity index is 1.70. The van der Waals surface area contributed by atoms with Crippen molar-refractivity contribution < 1.29 is 27.4 Å². The Morgan fingerprint density at radius 1 is 1.00 bits per heavy atom. The van der Waals surface area contributed by atoms with Crippen molar-refractivity contribution in [3.05, 3.63) is 53.6 Å². The van der Waals surface area contributed by atoms with Crippen LogP contribution in [-0.2, 0) is 4.79 Å². The van der Waals surface area contributed by atoms with Crippen molar-refractivity contribution in [1.82, 2.24) is 0 Å². The van der Waals surface area contributed by atoms with Crippen molar-refractivity contribution in [3.63, 3.8) is 0 Å². The molecule has 0 aliphatic carbocycles. The van der Waals surface area contributed by atoms with Crippen LogP contribution >= 0.6 is 11.6 Å². The minimum atomic E-state index is -4.74. The lowest BCUT2D eigenvalue weighted by molar-refractivity contribution is -0.274. The number of carbonyl (C=O) groups excluding carboxylic acids is 1. The van der Waals surface area contributed by atoms with Gasteiger partial charge in [0.25, 0.3) is 0 Å². The van der Waals surface area contributed by atoms with Crippen molar-refractivity contribution in [2.75, 3.05) is 11.9 Å². The van der Waals surface area contributed by atoms with Gasteiger partial charge in [0.05, 0.1) is 6.61 Å². The fourth-order valence-electron chi connectivity index (χ4n) is 1.92. The van der Waals surface area contributed by atoms with Crippen LogP contribution in [0.2, 0.25) is 5.02 Å². The molecule has 0 aliphatic heterocycles. The first kappa shape index (κ1) is 18.9. The number of nitrogens with one attached hydrogen (secondary N) is 1. The van der Waals surface area contributed by atoms with Gasteiger partial charge in [0, 0.05) is 17.1 Å². The van der Waals surface area contributed by atoms with E-state index in [0.717, 1.165) is 12.1 Å². The predicted octanol–water partition coefficient (Wildman–Crippen LogP) is 5.04. The molecule has 1 amide bonds. The fourth-order valence-corrected chi connectivity index (χ4v) is 2.04. The van der Waals surface area contributed by atoms with E-state index in [2.05, 4.69) is 10.1 Å².